The molecule has 0 saturated carbocycles. The van der Waals surface area contributed by atoms with E-state index in [-0.39, 0.29) is 0 Å². The SMILES string of the molecule is CSCC(C)(O)CNc1ncnc2c1c(Br)nn2C. The zero-order valence-corrected chi connectivity index (χ0v) is 13.4. The van der Waals surface area contributed by atoms with Gasteiger partial charge in [0.2, 0.25) is 0 Å². The lowest BCUT2D eigenvalue weighted by atomic mass is 10.1. The van der Waals surface area contributed by atoms with E-state index in [9.17, 15) is 5.11 Å². The Labute approximate surface area is 124 Å². The summed E-state index contributed by atoms with van der Waals surface area (Å²) >= 11 is 5.01. The minimum atomic E-state index is -0.786. The van der Waals surface area contributed by atoms with Crippen molar-refractivity contribution in [2.75, 3.05) is 23.9 Å². The van der Waals surface area contributed by atoms with Gasteiger partial charge in [-0.2, -0.15) is 16.9 Å². The summed E-state index contributed by atoms with van der Waals surface area (Å²) in [5, 5.41) is 18.4. The maximum Gasteiger partial charge on any atom is 0.164 e. The third kappa shape index (κ3) is 3.18. The molecule has 1 unspecified atom stereocenters. The van der Waals surface area contributed by atoms with Gasteiger partial charge in [-0.25, -0.2) is 14.6 Å². The van der Waals surface area contributed by atoms with Gasteiger partial charge >= 0.3 is 0 Å². The first kappa shape index (κ1) is 14.5. The molecule has 19 heavy (non-hydrogen) atoms. The highest BCUT2D eigenvalue weighted by molar-refractivity contribution is 9.10. The zero-order valence-electron chi connectivity index (χ0n) is 11.0. The van der Waals surface area contributed by atoms with Crippen molar-refractivity contribution in [3.63, 3.8) is 0 Å². The van der Waals surface area contributed by atoms with Crippen molar-refractivity contribution in [2.45, 2.75) is 12.5 Å². The highest BCUT2D eigenvalue weighted by atomic mass is 79.9. The fourth-order valence-corrected chi connectivity index (χ4v) is 3.14. The molecular weight excluding hydrogens is 330 g/mol. The monoisotopic (exact) mass is 345 g/mol. The lowest BCUT2D eigenvalue weighted by Crippen LogP contribution is -2.36. The Morgan fingerprint density at radius 3 is 2.95 bits per heavy atom. The Morgan fingerprint density at radius 2 is 2.26 bits per heavy atom. The molecule has 0 bridgehead atoms. The van der Waals surface area contributed by atoms with E-state index in [1.807, 2.05) is 13.3 Å². The molecule has 0 aliphatic heterocycles. The number of thioether (sulfide) groups is 1. The van der Waals surface area contributed by atoms with E-state index in [4.69, 9.17) is 0 Å². The molecule has 2 aromatic rings. The number of aromatic nitrogens is 4. The fourth-order valence-electron chi connectivity index (χ4n) is 1.81. The Balaban J connectivity index is 2.26. The summed E-state index contributed by atoms with van der Waals surface area (Å²) in [5.41, 5.74) is -0.0420. The van der Waals surface area contributed by atoms with Crippen molar-refractivity contribution < 1.29 is 5.11 Å². The largest absolute Gasteiger partial charge is 0.387 e. The molecule has 2 N–H and O–H groups in total. The van der Waals surface area contributed by atoms with Crippen LogP contribution in [0.1, 0.15) is 6.92 Å². The first-order valence-corrected chi connectivity index (χ1v) is 7.92. The van der Waals surface area contributed by atoms with E-state index in [0.717, 1.165) is 11.0 Å². The average molecular weight is 346 g/mol. The number of hydrogen-bond acceptors (Lipinski definition) is 6. The molecule has 0 saturated heterocycles. The maximum absolute atomic E-state index is 10.2. The summed E-state index contributed by atoms with van der Waals surface area (Å²) in [5.74, 6) is 1.33. The van der Waals surface area contributed by atoms with Crippen molar-refractivity contribution in [3.8, 4) is 0 Å². The molecule has 0 aromatic carbocycles. The van der Waals surface area contributed by atoms with Crippen LogP contribution in [-0.2, 0) is 7.05 Å². The second-order valence-electron chi connectivity index (χ2n) is 4.62. The van der Waals surface area contributed by atoms with E-state index in [0.29, 0.717) is 22.7 Å². The van der Waals surface area contributed by atoms with Gasteiger partial charge in [-0.05, 0) is 29.1 Å². The Morgan fingerprint density at radius 1 is 1.53 bits per heavy atom. The van der Waals surface area contributed by atoms with Crippen molar-refractivity contribution in [1.29, 1.82) is 0 Å². The highest BCUT2D eigenvalue weighted by Gasteiger charge is 2.21. The highest BCUT2D eigenvalue weighted by Crippen LogP contribution is 2.27. The van der Waals surface area contributed by atoms with Gasteiger partial charge in [-0.15, -0.1) is 0 Å². The average Bonchev–Trinajstić information content (AvgIpc) is 2.63. The van der Waals surface area contributed by atoms with Crippen LogP contribution in [-0.4, -0.2) is 49.0 Å². The number of anilines is 1. The molecule has 2 aromatic heterocycles. The van der Waals surface area contributed by atoms with Gasteiger partial charge in [-0.3, -0.25) is 0 Å². The summed E-state index contributed by atoms with van der Waals surface area (Å²) in [4.78, 5) is 8.42. The third-order valence-electron chi connectivity index (χ3n) is 2.67. The molecule has 0 radical (unpaired) electrons. The zero-order chi connectivity index (χ0) is 14.0. The van der Waals surface area contributed by atoms with Gasteiger partial charge in [0, 0.05) is 19.3 Å². The summed E-state index contributed by atoms with van der Waals surface area (Å²) in [7, 11) is 1.83. The maximum atomic E-state index is 10.2. The quantitative estimate of drug-likeness (QED) is 0.858. The molecule has 2 rings (SSSR count). The predicted octanol–water partition coefficient (Wildman–Crippen LogP) is 1.65. The number of fused-ring (bicyclic) bond motifs is 1. The predicted molar refractivity (Wildman–Crippen MR) is 81.5 cm³/mol. The molecule has 0 aliphatic carbocycles. The van der Waals surface area contributed by atoms with Crippen LogP contribution in [0.15, 0.2) is 10.9 Å². The van der Waals surface area contributed by atoms with Crippen molar-refractivity contribution in [1.82, 2.24) is 19.7 Å². The topological polar surface area (TPSA) is 75.9 Å². The first-order chi connectivity index (χ1) is 8.94. The van der Waals surface area contributed by atoms with Gasteiger partial charge in [0.05, 0.1) is 11.0 Å². The van der Waals surface area contributed by atoms with Crippen LogP contribution in [0.5, 0.6) is 0 Å². The van der Waals surface area contributed by atoms with Crippen molar-refractivity contribution in [2.24, 2.45) is 7.05 Å². The van der Waals surface area contributed by atoms with Crippen LogP contribution in [0.4, 0.5) is 5.82 Å². The summed E-state index contributed by atoms with van der Waals surface area (Å²) in [6.07, 6.45) is 3.46. The molecule has 104 valence electrons. The minimum Gasteiger partial charge on any atom is -0.387 e. The molecule has 1 atom stereocenters. The van der Waals surface area contributed by atoms with Crippen LogP contribution in [0, 0.1) is 0 Å². The van der Waals surface area contributed by atoms with Crippen LogP contribution < -0.4 is 5.32 Å². The van der Waals surface area contributed by atoms with Gasteiger partial charge < -0.3 is 10.4 Å². The fraction of sp³-hybridized carbons (Fsp3) is 0.545. The lowest BCUT2D eigenvalue weighted by molar-refractivity contribution is 0.0996. The standard InChI is InChI=1S/C11H16BrN5OS/c1-11(18,5-19-3)4-13-9-7-8(12)16-17(2)10(7)15-6-14-9/h6,18H,4-5H2,1-3H3,(H,13,14,15). The number of aryl methyl sites for hydroxylation is 1. The number of nitrogens with zero attached hydrogens (tertiary/aromatic N) is 4. The Kier molecular flexibility index (Phi) is 4.32. The molecule has 0 amide bonds. The first-order valence-electron chi connectivity index (χ1n) is 5.73. The molecular formula is C11H16BrN5OS. The smallest absolute Gasteiger partial charge is 0.164 e. The second kappa shape index (κ2) is 5.64. The van der Waals surface area contributed by atoms with Gasteiger partial charge in [0.25, 0.3) is 0 Å². The number of rotatable bonds is 5. The van der Waals surface area contributed by atoms with E-state index in [1.165, 1.54) is 6.33 Å². The van der Waals surface area contributed by atoms with E-state index in [1.54, 1.807) is 23.4 Å². The van der Waals surface area contributed by atoms with Crippen molar-refractivity contribution in [3.05, 3.63) is 10.9 Å². The number of aliphatic hydroxyl groups is 1. The van der Waals surface area contributed by atoms with E-state index < -0.39 is 5.60 Å². The third-order valence-corrected chi connectivity index (χ3v) is 4.14. The van der Waals surface area contributed by atoms with E-state index in [2.05, 4.69) is 36.3 Å². The van der Waals surface area contributed by atoms with Gasteiger partial charge in [0.15, 0.2) is 5.65 Å². The van der Waals surface area contributed by atoms with Crippen molar-refractivity contribution >= 4 is 44.5 Å². The van der Waals surface area contributed by atoms with Gasteiger partial charge in [-0.1, -0.05) is 0 Å². The Hall–Kier alpha value is -0.860. The Bertz CT molecular complexity index is 586. The lowest BCUT2D eigenvalue weighted by Gasteiger charge is -2.22. The molecule has 0 fully saturated rings. The second-order valence-corrected chi connectivity index (χ2v) is 6.24. The molecule has 8 heteroatoms. The molecule has 6 nitrogen and oxygen atoms in total. The van der Waals surface area contributed by atoms with Crippen LogP contribution in [0.25, 0.3) is 11.0 Å². The molecule has 0 aliphatic rings. The number of hydrogen-bond donors (Lipinski definition) is 2. The van der Waals surface area contributed by atoms with Crippen LogP contribution in [0.2, 0.25) is 0 Å². The molecule has 2 heterocycles. The summed E-state index contributed by atoms with van der Waals surface area (Å²) in [6.45, 7) is 2.22. The van der Waals surface area contributed by atoms with Gasteiger partial charge in [0.1, 0.15) is 16.7 Å². The number of halogens is 1. The molecule has 0 spiro atoms. The summed E-state index contributed by atoms with van der Waals surface area (Å²) < 4.78 is 2.38. The number of nitrogens with one attached hydrogen (secondary N) is 1. The normalized spacial score (nSPS) is 14.6. The van der Waals surface area contributed by atoms with E-state index >= 15 is 0 Å². The van der Waals surface area contributed by atoms with Crippen LogP contribution in [0.3, 0.4) is 0 Å². The minimum absolute atomic E-state index is 0.418. The van der Waals surface area contributed by atoms with Crippen LogP contribution >= 0.6 is 27.7 Å². The summed E-state index contributed by atoms with van der Waals surface area (Å²) in [6, 6.07) is 0.